The number of nitrogens with one attached hydrogen (secondary N) is 2. The molecule has 25 heavy (non-hydrogen) atoms. The van der Waals surface area contributed by atoms with Crippen LogP contribution in [0.3, 0.4) is 0 Å². The first-order valence-corrected chi connectivity index (χ1v) is 8.84. The fraction of sp³-hybridized carbons (Fsp3) is 0.167. The van der Waals surface area contributed by atoms with Gasteiger partial charge in [0.15, 0.2) is 5.16 Å². The number of benzene rings is 2. The van der Waals surface area contributed by atoms with Crippen LogP contribution < -0.4 is 10.1 Å². The number of amides is 1. The summed E-state index contributed by atoms with van der Waals surface area (Å²) in [6, 6.07) is 14.9. The normalized spacial score (nSPS) is 10.4. The zero-order chi connectivity index (χ0) is 17.5. The largest absolute Gasteiger partial charge is 0.494 e. The molecule has 0 saturated heterocycles. The van der Waals surface area contributed by atoms with Gasteiger partial charge in [0, 0.05) is 17.0 Å². The van der Waals surface area contributed by atoms with Crippen molar-refractivity contribution < 1.29 is 9.53 Å². The summed E-state index contributed by atoms with van der Waals surface area (Å²) in [7, 11) is 0. The van der Waals surface area contributed by atoms with Crippen molar-refractivity contribution in [3.05, 3.63) is 66.0 Å². The van der Waals surface area contributed by atoms with Crippen LogP contribution in [0.25, 0.3) is 0 Å². The number of hydrogen-bond donors (Lipinski definition) is 2. The van der Waals surface area contributed by atoms with E-state index in [1.165, 1.54) is 18.1 Å². The molecule has 3 rings (SSSR count). The van der Waals surface area contributed by atoms with Gasteiger partial charge in [-0.3, -0.25) is 9.89 Å². The maximum atomic E-state index is 12.4. The molecule has 128 valence electrons. The van der Waals surface area contributed by atoms with E-state index in [4.69, 9.17) is 4.74 Å². The monoisotopic (exact) mass is 354 g/mol. The van der Waals surface area contributed by atoms with Crippen LogP contribution in [0.4, 0.5) is 5.69 Å². The molecule has 0 unspecified atom stereocenters. The highest BCUT2D eigenvalue weighted by atomic mass is 32.2. The summed E-state index contributed by atoms with van der Waals surface area (Å²) < 4.78 is 5.40. The van der Waals surface area contributed by atoms with Crippen molar-refractivity contribution in [3.63, 3.8) is 0 Å². The third-order valence-corrected chi connectivity index (χ3v) is 4.33. The summed E-state index contributed by atoms with van der Waals surface area (Å²) in [5.41, 5.74) is 2.39. The van der Waals surface area contributed by atoms with Crippen LogP contribution in [0.5, 0.6) is 5.75 Å². The van der Waals surface area contributed by atoms with E-state index in [1.54, 1.807) is 6.07 Å². The molecule has 1 aromatic heterocycles. The van der Waals surface area contributed by atoms with E-state index in [2.05, 4.69) is 20.5 Å². The summed E-state index contributed by atoms with van der Waals surface area (Å²) in [4.78, 5) is 16.5. The number of rotatable bonds is 7. The van der Waals surface area contributed by atoms with E-state index in [0.717, 1.165) is 22.2 Å². The second-order valence-corrected chi connectivity index (χ2v) is 6.16. The number of nitrogens with zero attached hydrogens (tertiary/aromatic N) is 2. The number of carbonyl (C=O) groups excluding carboxylic acids is 1. The topological polar surface area (TPSA) is 79.9 Å². The molecule has 1 amide bonds. The Hall–Kier alpha value is -2.80. The molecule has 1 heterocycles. The van der Waals surface area contributed by atoms with Gasteiger partial charge in [0.2, 0.25) is 0 Å². The molecule has 2 aromatic carbocycles. The van der Waals surface area contributed by atoms with Crippen LogP contribution in [0.15, 0.2) is 60.0 Å². The quantitative estimate of drug-likeness (QED) is 0.632. The van der Waals surface area contributed by atoms with Crippen molar-refractivity contribution in [2.45, 2.75) is 17.8 Å². The van der Waals surface area contributed by atoms with Crippen LogP contribution in [0, 0.1) is 0 Å². The van der Waals surface area contributed by atoms with E-state index in [0.29, 0.717) is 17.9 Å². The number of ether oxygens (including phenoxy) is 1. The molecule has 0 fully saturated rings. The Morgan fingerprint density at radius 3 is 2.80 bits per heavy atom. The average molecular weight is 354 g/mol. The van der Waals surface area contributed by atoms with Gasteiger partial charge < -0.3 is 10.1 Å². The molecule has 0 bridgehead atoms. The Kier molecular flexibility index (Phi) is 5.69. The number of aromatic nitrogens is 3. The van der Waals surface area contributed by atoms with E-state index in [1.807, 2.05) is 49.4 Å². The van der Waals surface area contributed by atoms with Crippen molar-refractivity contribution in [3.8, 4) is 5.75 Å². The zero-order valence-electron chi connectivity index (χ0n) is 13.7. The molecule has 0 spiro atoms. The van der Waals surface area contributed by atoms with Gasteiger partial charge in [-0.05, 0) is 48.9 Å². The number of aromatic amines is 1. The highest BCUT2D eigenvalue weighted by Crippen LogP contribution is 2.20. The number of carbonyl (C=O) groups is 1. The lowest BCUT2D eigenvalue weighted by atomic mass is 10.1. The molecule has 0 aliphatic heterocycles. The van der Waals surface area contributed by atoms with Crippen molar-refractivity contribution in [1.29, 1.82) is 0 Å². The number of thioether (sulfide) groups is 1. The Balaban J connectivity index is 1.62. The lowest BCUT2D eigenvalue weighted by Gasteiger charge is -2.08. The Morgan fingerprint density at radius 2 is 2.08 bits per heavy atom. The maximum Gasteiger partial charge on any atom is 0.255 e. The highest BCUT2D eigenvalue weighted by Gasteiger charge is 2.08. The molecule has 6 nitrogen and oxygen atoms in total. The van der Waals surface area contributed by atoms with E-state index < -0.39 is 0 Å². The van der Waals surface area contributed by atoms with E-state index >= 15 is 0 Å². The van der Waals surface area contributed by atoms with Gasteiger partial charge in [0.25, 0.3) is 5.91 Å². The summed E-state index contributed by atoms with van der Waals surface area (Å²) in [6.07, 6.45) is 1.48. The SMILES string of the molecule is CCOc1ccc(NC(=O)c2cccc(CSc3ncn[nH]3)c2)cc1. The van der Waals surface area contributed by atoms with Crippen LogP contribution in [-0.2, 0) is 5.75 Å². The van der Waals surface area contributed by atoms with Gasteiger partial charge in [-0.1, -0.05) is 23.9 Å². The van der Waals surface area contributed by atoms with Crippen LogP contribution in [0.2, 0.25) is 0 Å². The average Bonchev–Trinajstić information content (AvgIpc) is 3.16. The molecular weight excluding hydrogens is 336 g/mol. The predicted octanol–water partition coefficient (Wildman–Crippen LogP) is 3.75. The number of anilines is 1. The second-order valence-electron chi connectivity index (χ2n) is 5.19. The fourth-order valence-electron chi connectivity index (χ4n) is 2.22. The summed E-state index contributed by atoms with van der Waals surface area (Å²) in [5, 5.41) is 10.3. The molecular formula is C18H18N4O2S. The minimum Gasteiger partial charge on any atom is -0.494 e. The molecule has 0 radical (unpaired) electrons. The number of hydrogen-bond acceptors (Lipinski definition) is 5. The third-order valence-electron chi connectivity index (χ3n) is 3.38. The molecule has 7 heteroatoms. The molecule has 2 N–H and O–H groups in total. The van der Waals surface area contributed by atoms with Crippen molar-refractivity contribution >= 4 is 23.4 Å². The van der Waals surface area contributed by atoms with Crippen molar-refractivity contribution in [2.24, 2.45) is 0 Å². The third kappa shape index (κ3) is 4.84. The molecule has 0 aliphatic rings. The first kappa shape index (κ1) is 17.0. The van der Waals surface area contributed by atoms with Crippen LogP contribution in [-0.4, -0.2) is 27.7 Å². The molecule has 0 aliphatic carbocycles. The molecule has 3 aromatic rings. The van der Waals surface area contributed by atoms with E-state index in [9.17, 15) is 4.79 Å². The first-order chi connectivity index (χ1) is 12.2. The van der Waals surface area contributed by atoms with E-state index in [-0.39, 0.29) is 5.91 Å². The summed E-state index contributed by atoms with van der Waals surface area (Å²) in [5.74, 6) is 1.35. The van der Waals surface area contributed by atoms with Crippen molar-refractivity contribution in [1.82, 2.24) is 15.2 Å². The van der Waals surface area contributed by atoms with Crippen LogP contribution in [0.1, 0.15) is 22.8 Å². The second kappa shape index (κ2) is 8.34. The lowest BCUT2D eigenvalue weighted by Crippen LogP contribution is -2.12. The Labute approximate surface area is 150 Å². The minimum absolute atomic E-state index is 0.143. The summed E-state index contributed by atoms with van der Waals surface area (Å²) >= 11 is 1.54. The fourth-order valence-corrected chi connectivity index (χ4v) is 2.94. The molecule has 0 atom stereocenters. The van der Waals surface area contributed by atoms with Crippen LogP contribution >= 0.6 is 11.8 Å². The first-order valence-electron chi connectivity index (χ1n) is 7.86. The number of H-pyrrole nitrogens is 1. The van der Waals surface area contributed by atoms with Gasteiger partial charge in [-0.15, -0.1) is 0 Å². The smallest absolute Gasteiger partial charge is 0.255 e. The maximum absolute atomic E-state index is 12.4. The minimum atomic E-state index is -0.143. The molecule has 0 saturated carbocycles. The Morgan fingerprint density at radius 1 is 1.24 bits per heavy atom. The Bertz CT molecular complexity index is 819. The van der Waals surface area contributed by atoms with Gasteiger partial charge in [-0.25, -0.2) is 4.98 Å². The lowest BCUT2D eigenvalue weighted by molar-refractivity contribution is 0.102. The summed E-state index contributed by atoms with van der Waals surface area (Å²) in [6.45, 7) is 2.55. The van der Waals surface area contributed by atoms with Gasteiger partial charge in [-0.2, -0.15) is 5.10 Å². The zero-order valence-corrected chi connectivity index (χ0v) is 14.5. The standard InChI is InChI=1S/C18H18N4O2S/c1-2-24-16-8-6-15(7-9-16)21-17(23)14-5-3-4-13(10-14)11-25-18-19-12-20-22-18/h3-10,12H,2,11H2,1H3,(H,21,23)(H,19,20,22). The van der Waals surface area contributed by atoms with Gasteiger partial charge in [0.1, 0.15) is 12.1 Å². The van der Waals surface area contributed by atoms with Gasteiger partial charge in [0.05, 0.1) is 6.61 Å². The van der Waals surface area contributed by atoms with Gasteiger partial charge >= 0.3 is 0 Å². The van der Waals surface area contributed by atoms with Crippen molar-refractivity contribution in [2.75, 3.05) is 11.9 Å². The predicted molar refractivity (Wildman–Crippen MR) is 97.9 cm³/mol. The highest BCUT2D eigenvalue weighted by molar-refractivity contribution is 7.98.